The van der Waals surface area contributed by atoms with Crippen LogP contribution in [0.4, 0.5) is 4.39 Å². The Hall–Kier alpha value is -1.32. The number of alkyl halides is 1. The van der Waals surface area contributed by atoms with Crippen LogP contribution in [-0.4, -0.2) is 61.3 Å². The molecule has 0 aromatic heterocycles. The molecular weight excluding hydrogens is 429 g/mol. The normalized spacial score (nSPS) is 56.2. The first-order chi connectivity index (χ1) is 15.7. The van der Waals surface area contributed by atoms with E-state index in [-0.39, 0.29) is 44.4 Å². The maximum absolute atomic E-state index is 17.5. The first kappa shape index (κ1) is 22.2. The molecule has 2 saturated heterocycles. The average molecular weight is 464 g/mol. The number of hydrogen-bond acceptors (Lipinski definition) is 7. The van der Waals surface area contributed by atoms with Crippen LogP contribution in [0.1, 0.15) is 46.5 Å². The standard InChI is InChI=1S/C25H34FNO6/c1-15-9-19-18-6-5-16-10-17(27-29-4)7-8-21(16,2)24(18,26)20(28)11-22(19,3)25(15)23(32-14-33-25)12-30-13-31-23/h7-8,10,15,18-20,28H,5-6,9,11-14H2,1-4H3/b27-17+/t15-,18-,19-,20-,21-,22-,23?,24-,25+/m0/s1. The molecule has 182 valence electrons. The van der Waals surface area contributed by atoms with Crippen LogP contribution in [-0.2, 0) is 23.8 Å². The van der Waals surface area contributed by atoms with Gasteiger partial charge in [-0.05, 0) is 56.6 Å². The summed E-state index contributed by atoms with van der Waals surface area (Å²) in [4.78, 5) is 4.93. The topological polar surface area (TPSA) is 78.7 Å². The fraction of sp³-hybridized carbons (Fsp3) is 0.800. The second-order valence-electron chi connectivity index (χ2n) is 11.2. The second kappa shape index (κ2) is 6.88. The zero-order valence-corrected chi connectivity index (χ0v) is 19.8. The molecule has 33 heavy (non-hydrogen) atoms. The predicted molar refractivity (Wildman–Crippen MR) is 117 cm³/mol. The quantitative estimate of drug-likeness (QED) is 0.600. The van der Waals surface area contributed by atoms with E-state index < -0.39 is 34.0 Å². The molecule has 3 saturated carbocycles. The molecule has 8 heteroatoms. The monoisotopic (exact) mass is 463 g/mol. The van der Waals surface area contributed by atoms with Gasteiger partial charge in [-0.2, -0.15) is 0 Å². The van der Waals surface area contributed by atoms with Gasteiger partial charge in [-0.3, -0.25) is 0 Å². The Morgan fingerprint density at radius 1 is 1.18 bits per heavy atom. The van der Waals surface area contributed by atoms with Gasteiger partial charge in [0.25, 0.3) is 0 Å². The van der Waals surface area contributed by atoms with E-state index in [0.29, 0.717) is 12.1 Å². The van der Waals surface area contributed by atoms with E-state index in [1.165, 1.54) is 7.11 Å². The zero-order chi connectivity index (χ0) is 23.3. The lowest BCUT2D eigenvalue weighted by atomic mass is 9.44. The van der Waals surface area contributed by atoms with Crippen molar-refractivity contribution in [2.75, 3.05) is 27.3 Å². The number of oxime groups is 1. The molecule has 0 amide bonds. The maximum atomic E-state index is 17.5. The third-order valence-electron chi connectivity index (χ3n) is 10.2. The molecule has 1 unspecified atom stereocenters. The van der Waals surface area contributed by atoms with Gasteiger partial charge in [0.2, 0.25) is 5.79 Å². The third kappa shape index (κ3) is 2.35. The van der Waals surface area contributed by atoms with Gasteiger partial charge in [-0.25, -0.2) is 4.39 Å². The van der Waals surface area contributed by atoms with Crippen LogP contribution in [0, 0.1) is 28.6 Å². The molecular formula is C25H34FNO6. The summed E-state index contributed by atoms with van der Waals surface area (Å²) in [6, 6.07) is 0. The smallest absolute Gasteiger partial charge is 0.227 e. The fourth-order valence-corrected chi connectivity index (χ4v) is 8.91. The summed E-state index contributed by atoms with van der Waals surface area (Å²) in [7, 11) is 1.50. The lowest BCUT2D eigenvalue weighted by molar-refractivity contribution is -0.277. The average Bonchev–Trinajstić information content (AvgIpc) is 3.46. The van der Waals surface area contributed by atoms with Gasteiger partial charge in [0.15, 0.2) is 19.3 Å². The molecule has 0 aromatic rings. The number of ether oxygens (including phenoxy) is 4. The lowest BCUT2D eigenvalue weighted by Gasteiger charge is -2.63. The zero-order valence-electron chi connectivity index (χ0n) is 19.8. The molecule has 2 aliphatic heterocycles. The van der Waals surface area contributed by atoms with Gasteiger partial charge >= 0.3 is 0 Å². The highest BCUT2D eigenvalue weighted by atomic mass is 19.1. The van der Waals surface area contributed by atoms with Gasteiger partial charge in [0.1, 0.15) is 25.0 Å². The van der Waals surface area contributed by atoms with E-state index >= 15 is 4.39 Å². The number of aliphatic hydroxyl groups is 1. The summed E-state index contributed by atoms with van der Waals surface area (Å²) >= 11 is 0. The summed E-state index contributed by atoms with van der Waals surface area (Å²) < 4.78 is 41.7. The van der Waals surface area contributed by atoms with E-state index in [9.17, 15) is 5.11 Å². The summed E-state index contributed by atoms with van der Waals surface area (Å²) in [6.07, 6.45) is 6.95. The van der Waals surface area contributed by atoms with Crippen LogP contribution in [0.15, 0.2) is 29.0 Å². The van der Waals surface area contributed by atoms with Crippen molar-refractivity contribution in [2.45, 2.75) is 69.6 Å². The van der Waals surface area contributed by atoms with Crippen molar-refractivity contribution in [1.82, 2.24) is 0 Å². The Labute approximate surface area is 193 Å². The summed E-state index contributed by atoms with van der Waals surface area (Å²) in [5, 5.41) is 15.7. The maximum Gasteiger partial charge on any atom is 0.227 e. The number of fused-ring (bicyclic) bond motifs is 7. The largest absolute Gasteiger partial charge is 0.399 e. The highest BCUT2D eigenvalue weighted by Gasteiger charge is 2.81. The number of halogens is 1. The minimum absolute atomic E-state index is 0.0180. The van der Waals surface area contributed by atoms with Crippen LogP contribution in [0.5, 0.6) is 0 Å². The van der Waals surface area contributed by atoms with Crippen molar-refractivity contribution in [3.05, 3.63) is 23.8 Å². The summed E-state index contributed by atoms with van der Waals surface area (Å²) in [5.74, 6) is -1.24. The molecule has 2 spiro atoms. The van der Waals surface area contributed by atoms with E-state index in [0.717, 1.165) is 18.4 Å². The number of nitrogens with zero attached hydrogens (tertiary/aromatic N) is 1. The molecule has 0 bridgehead atoms. The molecule has 4 aliphatic carbocycles. The van der Waals surface area contributed by atoms with E-state index in [4.69, 9.17) is 23.8 Å². The number of allylic oxidation sites excluding steroid dienone is 4. The minimum atomic E-state index is -1.79. The van der Waals surface area contributed by atoms with Crippen LogP contribution >= 0.6 is 0 Å². The molecule has 0 aromatic carbocycles. The second-order valence-corrected chi connectivity index (χ2v) is 11.2. The predicted octanol–water partition coefficient (Wildman–Crippen LogP) is 3.48. The third-order valence-corrected chi connectivity index (χ3v) is 10.2. The Morgan fingerprint density at radius 2 is 1.97 bits per heavy atom. The highest BCUT2D eigenvalue weighted by molar-refractivity contribution is 6.05. The lowest BCUT2D eigenvalue weighted by Crippen LogP contribution is -2.71. The molecule has 6 aliphatic rings. The number of aliphatic hydroxyl groups excluding tert-OH is 1. The van der Waals surface area contributed by atoms with Crippen LogP contribution in [0.3, 0.4) is 0 Å². The van der Waals surface area contributed by atoms with E-state index in [2.05, 4.69) is 19.0 Å². The summed E-state index contributed by atoms with van der Waals surface area (Å²) in [6.45, 7) is 6.78. The van der Waals surface area contributed by atoms with Gasteiger partial charge in [-0.15, -0.1) is 0 Å². The molecule has 5 fully saturated rings. The number of hydrogen-bond donors (Lipinski definition) is 1. The Kier molecular flexibility index (Phi) is 4.62. The molecule has 0 radical (unpaired) electrons. The highest BCUT2D eigenvalue weighted by Crippen LogP contribution is 2.74. The van der Waals surface area contributed by atoms with Crippen LogP contribution in [0.25, 0.3) is 0 Å². The minimum Gasteiger partial charge on any atom is -0.399 e. The van der Waals surface area contributed by atoms with Crippen molar-refractivity contribution < 1.29 is 33.3 Å². The Morgan fingerprint density at radius 3 is 2.70 bits per heavy atom. The van der Waals surface area contributed by atoms with E-state index in [1.807, 2.05) is 25.2 Å². The first-order valence-corrected chi connectivity index (χ1v) is 12.1. The molecule has 7 nitrogen and oxygen atoms in total. The summed E-state index contributed by atoms with van der Waals surface area (Å²) in [5.41, 5.74) is -2.36. The molecule has 2 heterocycles. The van der Waals surface area contributed by atoms with Crippen molar-refractivity contribution in [1.29, 1.82) is 0 Å². The van der Waals surface area contributed by atoms with Crippen LogP contribution in [0.2, 0.25) is 0 Å². The van der Waals surface area contributed by atoms with Gasteiger partial charge in [0, 0.05) is 16.7 Å². The van der Waals surface area contributed by atoms with E-state index in [1.54, 1.807) is 0 Å². The van der Waals surface area contributed by atoms with Crippen molar-refractivity contribution in [2.24, 2.45) is 33.7 Å². The molecule has 1 N–H and O–H groups in total. The Balaban J connectivity index is 1.44. The van der Waals surface area contributed by atoms with Crippen LogP contribution < -0.4 is 0 Å². The Bertz CT molecular complexity index is 940. The van der Waals surface area contributed by atoms with Gasteiger partial charge < -0.3 is 28.9 Å². The van der Waals surface area contributed by atoms with Crippen molar-refractivity contribution in [3.8, 4) is 0 Å². The fourth-order valence-electron chi connectivity index (χ4n) is 8.91. The molecule has 9 atom stereocenters. The van der Waals surface area contributed by atoms with Gasteiger partial charge in [0.05, 0.1) is 6.10 Å². The van der Waals surface area contributed by atoms with Gasteiger partial charge in [-0.1, -0.05) is 30.7 Å². The first-order valence-electron chi connectivity index (χ1n) is 12.1. The number of rotatable bonds is 1. The molecule has 6 rings (SSSR count). The van der Waals surface area contributed by atoms with Crippen molar-refractivity contribution >= 4 is 5.71 Å². The van der Waals surface area contributed by atoms with Crippen molar-refractivity contribution in [3.63, 3.8) is 0 Å². The SMILES string of the molecule is CO/N=C1\C=C[C@@]2(C)C(=C1)CC[C@H]1[C@@H]3C[C@H](C)[C@@]4(OCOC45COCO5)[C@@]3(C)C[C@H](O)[C@@]12F.